The largest absolute Gasteiger partial charge is 0.382 e. The Morgan fingerprint density at radius 1 is 1.04 bits per heavy atom. The molecule has 5 atom stereocenters. The third-order valence-corrected chi connectivity index (χ3v) is 3.93. The molecule has 9 heteroatoms. The number of rotatable bonds is 11. The van der Waals surface area contributed by atoms with E-state index in [2.05, 4.69) is 0 Å². The van der Waals surface area contributed by atoms with Gasteiger partial charge in [0.25, 0.3) is 0 Å². The van der Waals surface area contributed by atoms with Crippen molar-refractivity contribution in [2.24, 2.45) is 0 Å². The minimum Gasteiger partial charge on any atom is -0.382 e. The standard InChI is InChI=1S/C15H26O9/c1-8(16)11(19)12(23-5)13(24-6)15(21,10(3)18)14(20,7-22-4)9(2)17/h11-13,19-21H,7H2,1-6H3/i11D. The zero-order valence-electron chi connectivity index (χ0n) is 15.7. The first-order valence-electron chi connectivity index (χ1n) is 7.53. The third-order valence-electron chi connectivity index (χ3n) is 3.93. The molecule has 9 nitrogen and oxygen atoms in total. The molecule has 140 valence electrons. The van der Waals surface area contributed by atoms with Gasteiger partial charge in [0.05, 0.1) is 7.98 Å². The van der Waals surface area contributed by atoms with Crippen LogP contribution in [0.15, 0.2) is 0 Å². The Morgan fingerprint density at radius 3 is 1.79 bits per heavy atom. The molecule has 0 heterocycles. The number of hydrogen-bond acceptors (Lipinski definition) is 9. The van der Waals surface area contributed by atoms with Gasteiger partial charge in [0.1, 0.15) is 18.3 Å². The number of carbonyl (C=O) groups excluding carboxylic acids is 3. The molecule has 0 saturated carbocycles. The summed E-state index contributed by atoms with van der Waals surface area (Å²) in [6.45, 7) is 1.90. The molecule has 0 radical (unpaired) electrons. The highest BCUT2D eigenvalue weighted by Gasteiger charge is 2.64. The highest BCUT2D eigenvalue weighted by Crippen LogP contribution is 2.34. The first-order valence-corrected chi connectivity index (χ1v) is 7.03. The lowest BCUT2D eigenvalue weighted by atomic mass is 9.71. The Kier molecular flexibility index (Phi) is 7.58. The van der Waals surface area contributed by atoms with Crippen molar-refractivity contribution < 1.29 is 45.3 Å². The Bertz CT molecular complexity index is 521. The van der Waals surface area contributed by atoms with Crippen LogP contribution in [0.1, 0.15) is 22.1 Å². The normalized spacial score (nSPS) is 22.3. The second-order valence-electron chi connectivity index (χ2n) is 5.43. The minimum atomic E-state index is -2.98. The van der Waals surface area contributed by atoms with Gasteiger partial charge in [-0.1, -0.05) is 0 Å². The van der Waals surface area contributed by atoms with Gasteiger partial charge in [0.2, 0.25) is 0 Å². The van der Waals surface area contributed by atoms with Crippen LogP contribution < -0.4 is 0 Å². The zero-order chi connectivity index (χ0) is 20.2. The van der Waals surface area contributed by atoms with Crippen molar-refractivity contribution in [3.63, 3.8) is 0 Å². The van der Waals surface area contributed by atoms with Gasteiger partial charge in [-0.05, 0) is 20.8 Å². The molecule has 0 rings (SSSR count). The van der Waals surface area contributed by atoms with Crippen molar-refractivity contribution in [3.05, 3.63) is 0 Å². The maximum Gasteiger partial charge on any atom is 0.189 e. The molecule has 0 bridgehead atoms. The minimum absolute atomic E-state index is 0.787. The molecule has 0 aliphatic rings. The Balaban J connectivity index is 6.58. The van der Waals surface area contributed by atoms with E-state index in [-0.39, 0.29) is 0 Å². The molecule has 0 spiro atoms. The van der Waals surface area contributed by atoms with Gasteiger partial charge in [-0.3, -0.25) is 14.4 Å². The topological polar surface area (TPSA) is 140 Å². The molecule has 0 amide bonds. The van der Waals surface area contributed by atoms with E-state index in [1.807, 2.05) is 0 Å². The number of Topliss-reactive ketones (excluding diaryl/α,β-unsaturated/α-hetero) is 3. The summed E-state index contributed by atoms with van der Waals surface area (Å²) in [7, 11) is 3.12. The third kappa shape index (κ3) is 3.88. The second-order valence-corrected chi connectivity index (χ2v) is 5.43. The molecule has 0 fully saturated rings. The fourth-order valence-corrected chi connectivity index (χ4v) is 2.51. The molecule has 5 unspecified atom stereocenters. The molecule has 3 N–H and O–H groups in total. The fourth-order valence-electron chi connectivity index (χ4n) is 2.51. The summed E-state index contributed by atoms with van der Waals surface area (Å²) in [6, 6.07) is 0. The van der Waals surface area contributed by atoms with Crippen LogP contribution in [0.5, 0.6) is 0 Å². The molecule has 0 aromatic heterocycles. The summed E-state index contributed by atoms with van der Waals surface area (Å²) >= 11 is 0. The average molecular weight is 351 g/mol. The number of ketones is 3. The van der Waals surface area contributed by atoms with E-state index in [1.54, 1.807) is 0 Å². The zero-order valence-corrected chi connectivity index (χ0v) is 14.7. The van der Waals surface area contributed by atoms with Crippen molar-refractivity contribution >= 4 is 17.3 Å². The van der Waals surface area contributed by atoms with Crippen LogP contribution in [-0.2, 0) is 28.6 Å². The lowest BCUT2D eigenvalue weighted by molar-refractivity contribution is -0.239. The maximum atomic E-state index is 12.2. The van der Waals surface area contributed by atoms with E-state index in [0.717, 1.165) is 42.1 Å². The van der Waals surface area contributed by atoms with E-state index < -0.39 is 53.4 Å². The van der Waals surface area contributed by atoms with E-state index in [9.17, 15) is 29.7 Å². The van der Waals surface area contributed by atoms with Crippen LogP contribution >= 0.6 is 0 Å². The number of ether oxygens (including phenoxy) is 3. The molecule has 24 heavy (non-hydrogen) atoms. The van der Waals surface area contributed by atoms with Gasteiger partial charge in [-0.25, -0.2) is 0 Å². The monoisotopic (exact) mass is 351 g/mol. The lowest BCUT2D eigenvalue weighted by Gasteiger charge is -2.46. The average Bonchev–Trinajstić information content (AvgIpc) is 2.50. The molecule has 0 aromatic rings. The maximum absolute atomic E-state index is 12.2. The van der Waals surface area contributed by atoms with Gasteiger partial charge >= 0.3 is 0 Å². The number of hydrogen-bond donors (Lipinski definition) is 3. The van der Waals surface area contributed by atoms with Gasteiger partial charge in [0, 0.05) is 21.3 Å². The van der Waals surface area contributed by atoms with Crippen LogP contribution in [0.2, 0.25) is 0 Å². The van der Waals surface area contributed by atoms with Crippen molar-refractivity contribution in [3.8, 4) is 0 Å². The van der Waals surface area contributed by atoms with Crippen LogP contribution in [0.25, 0.3) is 0 Å². The molecule has 0 aromatic carbocycles. The van der Waals surface area contributed by atoms with E-state index >= 15 is 0 Å². The summed E-state index contributed by atoms with van der Waals surface area (Å²) < 4.78 is 22.5. The number of methoxy groups -OCH3 is 3. The van der Waals surface area contributed by atoms with E-state index in [4.69, 9.17) is 15.6 Å². The predicted octanol–water partition coefficient (Wildman–Crippen LogP) is -1.75. The first kappa shape index (κ1) is 20.8. The van der Waals surface area contributed by atoms with Gasteiger partial charge in [-0.15, -0.1) is 0 Å². The Labute approximate surface area is 141 Å². The summed E-state index contributed by atoms with van der Waals surface area (Å²) in [6.07, 6.45) is -6.79. The molecule has 0 aliphatic carbocycles. The van der Waals surface area contributed by atoms with Crippen molar-refractivity contribution in [2.45, 2.75) is 50.3 Å². The number of carbonyl (C=O) groups is 3. The summed E-state index contributed by atoms with van der Waals surface area (Å²) in [5.41, 5.74) is -5.76. The SMILES string of the molecule is [2H]C(O)(C(C)=O)C(OC)C(OC)C(O)(C(C)=O)C(O)(COC)C(C)=O. The Morgan fingerprint density at radius 2 is 1.54 bits per heavy atom. The first-order chi connectivity index (χ1) is 11.3. The predicted molar refractivity (Wildman–Crippen MR) is 81.4 cm³/mol. The molecular formula is C15H26O9. The van der Waals surface area contributed by atoms with Crippen molar-refractivity contribution in [2.75, 3.05) is 27.9 Å². The van der Waals surface area contributed by atoms with Crippen molar-refractivity contribution in [1.29, 1.82) is 0 Å². The van der Waals surface area contributed by atoms with Crippen LogP contribution in [0, 0.1) is 0 Å². The van der Waals surface area contributed by atoms with Crippen LogP contribution in [0.4, 0.5) is 0 Å². The fraction of sp³-hybridized carbons (Fsp3) is 0.800. The highest BCUT2D eigenvalue weighted by molar-refractivity contribution is 5.98. The van der Waals surface area contributed by atoms with E-state index in [0.29, 0.717) is 0 Å². The summed E-state index contributed by atoms with van der Waals surface area (Å²) in [5.74, 6) is -3.21. The van der Waals surface area contributed by atoms with Crippen LogP contribution in [-0.4, -0.2) is 90.1 Å². The smallest absolute Gasteiger partial charge is 0.189 e. The van der Waals surface area contributed by atoms with E-state index in [1.165, 1.54) is 0 Å². The highest BCUT2D eigenvalue weighted by atomic mass is 16.6. The lowest BCUT2D eigenvalue weighted by Crippen LogP contribution is -2.73. The van der Waals surface area contributed by atoms with Crippen LogP contribution in [0.3, 0.4) is 0 Å². The second kappa shape index (κ2) is 8.75. The molecular weight excluding hydrogens is 324 g/mol. The van der Waals surface area contributed by atoms with Crippen molar-refractivity contribution in [1.82, 2.24) is 0 Å². The molecule has 0 saturated heterocycles. The summed E-state index contributed by atoms with van der Waals surface area (Å²) in [4.78, 5) is 35.8. The van der Waals surface area contributed by atoms with Gasteiger partial charge in [-0.2, -0.15) is 0 Å². The summed E-state index contributed by atoms with van der Waals surface area (Å²) in [5, 5.41) is 31.8. The quantitative estimate of drug-likeness (QED) is 0.395. The van der Waals surface area contributed by atoms with Gasteiger partial charge in [0.15, 0.2) is 28.6 Å². The number of aliphatic hydroxyl groups is 3. The van der Waals surface area contributed by atoms with Gasteiger partial charge < -0.3 is 29.5 Å². The Hall–Kier alpha value is -1.23. The molecule has 0 aliphatic heterocycles.